The van der Waals surface area contributed by atoms with Gasteiger partial charge in [0.2, 0.25) is 0 Å². The van der Waals surface area contributed by atoms with E-state index in [1.54, 1.807) is 6.07 Å². The highest BCUT2D eigenvalue weighted by atomic mass is 19.4. The molecule has 5 heteroatoms. The molecule has 0 radical (unpaired) electrons. The van der Waals surface area contributed by atoms with Crippen molar-refractivity contribution >= 4 is 5.82 Å². The first-order valence-electron chi connectivity index (χ1n) is 7.73. The first-order chi connectivity index (χ1) is 9.90. The Morgan fingerprint density at radius 2 is 1.95 bits per heavy atom. The van der Waals surface area contributed by atoms with Gasteiger partial charge in [-0.25, -0.2) is 4.98 Å². The summed E-state index contributed by atoms with van der Waals surface area (Å²) in [5.74, 6) is 0.865. The molecule has 2 rings (SSSR count). The van der Waals surface area contributed by atoms with Gasteiger partial charge in [0.25, 0.3) is 0 Å². The maximum atomic E-state index is 12.9. The highest BCUT2D eigenvalue weighted by molar-refractivity contribution is 5.46. The molecule has 1 aliphatic rings. The van der Waals surface area contributed by atoms with Gasteiger partial charge in [-0.15, -0.1) is 0 Å². The molecule has 1 unspecified atom stereocenters. The Hall–Kier alpha value is -1.26. The van der Waals surface area contributed by atoms with Crippen LogP contribution in [-0.4, -0.2) is 11.0 Å². The normalized spacial score (nSPS) is 18.0. The summed E-state index contributed by atoms with van der Waals surface area (Å²) in [6.45, 7) is 4.20. The number of pyridine rings is 1. The van der Waals surface area contributed by atoms with Gasteiger partial charge in [0, 0.05) is 6.04 Å². The molecule has 1 saturated carbocycles. The van der Waals surface area contributed by atoms with Gasteiger partial charge in [0.15, 0.2) is 0 Å². The smallest absolute Gasteiger partial charge is 0.367 e. The summed E-state index contributed by atoms with van der Waals surface area (Å²) in [5, 5.41) is 3.24. The van der Waals surface area contributed by atoms with Crippen molar-refractivity contribution in [1.82, 2.24) is 4.98 Å². The van der Waals surface area contributed by atoms with E-state index >= 15 is 0 Å². The van der Waals surface area contributed by atoms with Crippen LogP contribution in [0.2, 0.25) is 0 Å². The highest BCUT2D eigenvalue weighted by Gasteiger charge is 2.33. The van der Waals surface area contributed by atoms with Gasteiger partial charge in [-0.1, -0.05) is 39.2 Å². The third-order valence-corrected chi connectivity index (χ3v) is 4.23. The molecule has 0 spiro atoms. The van der Waals surface area contributed by atoms with Crippen molar-refractivity contribution in [1.29, 1.82) is 0 Å². The Balaban J connectivity index is 2.25. The first kappa shape index (κ1) is 16.1. The number of aromatic nitrogens is 1. The summed E-state index contributed by atoms with van der Waals surface area (Å²) < 4.78 is 38.6. The molecule has 0 aromatic carbocycles. The zero-order valence-corrected chi connectivity index (χ0v) is 12.6. The maximum Gasteiger partial charge on any atom is 0.433 e. The second-order valence-corrected chi connectivity index (χ2v) is 6.05. The van der Waals surface area contributed by atoms with Gasteiger partial charge in [-0.05, 0) is 36.8 Å². The van der Waals surface area contributed by atoms with E-state index in [1.165, 1.54) is 0 Å². The Labute approximate surface area is 124 Å². The molecule has 0 aliphatic heterocycles. The molecule has 2 nitrogen and oxygen atoms in total. The molecule has 0 saturated heterocycles. The largest absolute Gasteiger partial charge is 0.433 e. The second-order valence-electron chi connectivity index (χ2n) is 6.05. The Kier molecular flexibility index (Phi) is 5.12. The standard InChI is InChI=1S/C16H23F3N2/c1-3-11(2)10-12-8-9-14(16(17,18)19)21-15(12)20-13-6-4-5-7-13/h8-9,11,13H,3-7,10H2,1-2H3,(H,20,21). The molecule has 0 bridgehead atoms. The fourth-order valence-electron chi connectivity index (χ4n) is 2.72. The number of anilines is 1. The van der Waals surface area contributed by atoms with Crippen LogP contribution in [0.1, 0.15) is 57.2 Å². The van der Waals surface area contributed by atoms with Crippen molar-refractivity contribution in [3.63, 3.8) is 0 Å². The van der Waals surface area contributed by atoms with Crippen molar-refractivity contribution < 1.29 is 13.2 Å². The van der Waals surface area contributed by atoms with Crippen molar-refractivity contribution in [2.45, 2.75) is 64.6 Å². The number of rotatable bonds is 5. The molecule has 118 valence electrons. The Bertz CT molecular complexity index is 465. The van der Waals surface area contributed by atoms with Gasteiger partial charge in [-0.3, -0.25) is 0 Å². The summed E-state index contributed by atoms with van der Waals surface area (Å²) in [6.07, 6.45) is 1.68. The minimum Gasteiger partial charge on any atom is -0.367 e. The topological polar surface area (TPSA) is 24.9 Å². The molecular formula is C16H23F3N2. The number of alkyl halides is 3. The van der Waals surface area contributed by atoms with Gasteiger partial charge in [0.05, 0.1) is 0 Å². The van der Waals surface area contributed by atoms with Crippen LogP contribution < -0.4 is 5.32 Å². The molecular weight excluding hydrogens is 277 g/mol. The van der Waals surface area contributed by atoms with E-state index in [0.29, 0.717) is 11.7 Å². The van der Waals surface area contributed by atoms with Crippen LogP contribution in [0.5, 0.6) is 0 Å². The molecule has 21 heavy (non-hydrogen) atoms. The van der Waals surface area contributed by atoms with E-state index < -0.39 is 11.9 Å². The number of nitrogens with one attached hydrogen (secondary N) is 1. The van der Waals surface area contributed by atoms with E-state index in [2.05, 4.69) is 24.1 Å². The minimum absolute atomic E-state index is 0.261. The minimum atomic E-state index is -4.39. The summed E-state index contributed by atoms with van der Waals surface area (Å²) in [7, 11) is 0. The lowest BCUT2D eigenvalue weighted by Gasteiger charge is -2.19. The molecule has 1 aromatic heterocycles. The fourth-order valence-corrected chi connectivity index (χ4v) is 2.72. The summed E-state index contributed by atoms with van der Waals surface area (Å²) in [4.78, 5) is 3.86. The quantitative estimate of drug-likeness (QED) is 0.823. The molecule has 1 heterocycles. The molecule has 1 fully saturated rings. The van der Waals surface area contributed by atoms with E-state index in [0.717, 1.165) is 50.2 Å². The van der Waals surface area contributed by atoms with Crippen LogP contribution in [0.25, 0.3) is 0 Å². The van der Waals surface area contributed by atoms with E-state index in [4.69, 9.17) is 0 Å². The van der Waals surface area contributed by atoms with Crippen LogP contribution >= 0.6 is 0 Å². The maximum absolute atomic E-state index is 12.9. The lowest BCUT2D eigenvalue weighted by Crippen LogP contribution is -2.19. The van der Waals surface area contributed by atoms with Crippen molar-refractivity contribution in [2.75, 3.05) is 5.32 Å². The van der Waals surface area contributed by atoms with Crippen molar-refractivity contribution in [2.24, 2.45) is 5.92 Å². The molecule has 1 N–H and O–H groups in total. The monoisotopic (exact) mass is 300 g/mol. The molecule has 0 amide bonds. The van der Waals surface area contributed by atoms with E-state index in [9.17, 15) is 13.2 Å². The zero-order chi connectivity index (χ0) is 15.5. The van der Waals surface area contributed by atoms with Gasteiger partial charge >= 0.3 is 6.18 Å². The SMILES string of the molecule is CCC(C)Cc1ccc(C(F)(F)F)nc1NC1CCCC1. The fraction of sp³-hybridized carbons (Fsp3) is 0.688. The van der Waals surface area contributed by atoms with Crippen LogP contribution in [0, 0.1) is 5.92 Å². The lowest BCUT2D eigenvalue weighted by molar-refractivity contribution is -0.141. The molecule has 1 aromatic rings. The van der Waals surface area contributed by atoms with E-state index in [1.807, 2.05) is 0 Å². The van der Waals surface area contributed by atoms with Crippen LogP contribution in [-0.2, 0) is 12.6 Å². The number of nitrogens with zero attached hydrogens (tertiary/aromatic N) is 1. The first-order valence-corrected chi connectivity index (χ1v) is 7.73. The van der Waals surface area contributed by atoms with Gasteiger partial charge in [-0.2, -0.15) is 13.2 Å². The summed E-state index contributed by atoms with van der Waals surface area (Å²) >= 11 is 0. The van der Waals surface area contributed by atoms with E-state index in [-0.39, 0.29) is 6.04 Å². The van der Waals surface area contributed by atoms with Crippen molar-refractivity contribution in [3.8, 4) is 0 Å². The lowest BCUT2D eigenvalue weighted by atomic mass is 9.99. The number of hydrogen-bond donors (Lipinski definition) is 1. The summed E-state index contributed by atoms with van der Waals surface area (Å²) in [5.41, 5.74) is 0.0835. The molecule has 1 aliphatic carbocycles. The zero-order valence-electron chi connectivity index (χ0n) is 12.6. The third kappa shape index (κ3) is 4.35. The van der Waals surface area contributed by atoms with Crippen LogP contribution in [0.4, 0.5) is 19.0 Å². The van der Waals surface area contributed by atoms with Crippen LogP contribution in [0.3, 0.4) is 0 Å². The molecule has 1 atom stereocenters. The van der Waals surface area contributed by atoms with Crippen LogP contribution in [0.15, 0.2) is 12.1 Å². The predicted molar refractivity (Wildman–Crippen MR) is 78.3 cm³/mol. The highest BCUT2D eigenvalue weighted by Crippen LogP contribution is 2.31. The number of hydrogen-bond acceptors (Lipinski definition) is 2. The average molecular weight is 300 g/mol. The average Bonchev–Trinajstić information content (AvgIpc) is 2.92. The van der Waals surface area contributed by atoms with Gasteiger partial charge in [0.1, 0.15) is 11.5 Å². The van der Waals surface area contributed by atoms with Gasteiger partial charge < -0.3 is 5.32 Å². The predicted octanol–water partition coefficient (Wildman–Crippen LogP) is 5.04. The summed E-state index contributed by atoms with van der Waals surface area (Å²) in [6, 6.07) is 2.94. The number of halogens is 3. The Morgan fingerprint density at radius 3 is 2.52 bits per heavy atom. The Morgan fingerprint density at radius 1 is 1.29 bits per heavy atom. The van der Waals surface area contributed by atoms with Crippen molar-refractivity contribution in [3.05, 3.63) is 23.4 Å². The third-order valence-electron chi connectivity index (χ3n) is 4.23. The second kappa shape index (κ2) is 6.67.